The number of halogens is 4. The Labute approximate surface area is 105 Å². The molecule has 0 aliphatic carbocycles. The van der Waals surface area contributed by atoms with Gasteiger partial charge in [0, 0.05) is 11.1 Å². The molecular weight excluding hydrogens is 244 g/mol. The first-order chi connectivity index (χ1) is 7.89. The molecule has 0 heterocycles. The van der Waals surface area contributed by atoms with Gasteiger partial charge in [-0.05, 0) is 10.8 Å². The van der Waals surface area contributed by atoms with Gasteiger partial charge in [-0.15, -0.1) is 0 Å². The lowest BCUT2D eigenvalue weighted by Gasteiger charge is -2.26. The fourth-order valence-electron chi connectivity index (χ4n) is 1.95. The summed E-state index contributed by atoms with van der Waals surface area (Å²) in [6.45, 7) is 9.02. The Morgan fingerprint density at radius 1 is 0.500 bits per heavy atom. The van der Waals surface area contributed by atoms with E-state index in [1.807, 2.05) is 0 Å². The first-order valence-electron chi connectivity index (χ1n) is 5.76. The summed E-state index contributed by atoms with van der Waals surface area (Å²) >= 11 is 0. The maximum Gasteiger partial charge on any atom is 0.165 e. The van der Waals surface area contributed by atoms with Crippen LogP contribution in [0.1, 0.15) is 52.7 Å². The molecule has 18 heavy (non-hydrogen) atoms. The maximum atomic E-state index is 13.9. The second-order valence-electron chi connectivity index (χ2n) is 6.51. The Kier molecular flexibility index (Phi) is 3.54. The second-order valence-corrected chi connectivity index (χ2v) is 6.51. The lowest BCUT2D eigenvalue weighted by molar-refractivity contribution is 0.373. The largest absolute Gasteiger partial charge is 0.203 e. The third-order valence-corrected chi connectivity index (χ3v) is 2.76. The Balaban J connectivity index is 3.79. The minimum Gasteiger partial charge on any atom is -0.203 e. The highest BCUT2D eigenvalue weighted by Gasteiger charge is 2.35. The molecule has 0 fully saturated rings. The van der Waals surface area contributed by atoms with E-state index in [-0.39, 0.29) is 0 Å². The molecule has 0 atom stereocenters. The van der Waals surface area contributed by atoms with E-state index in [0.29, 0.717) is 0 Å². The SMILES string of the molecule is CC(C)(C)c1c(F)c(F)c(C(C)(C)C)c(F)c1F. The van der Waals surface area contributed by atoms with Crippen LogP contribution >= 0.6 is 0 Å². The second kappa shape index (κ2) is 4.25. The van der Waals surface area contributed by atoms with Crippen LogP contribution in [0.2, 0.25) is 0 Å². The summed E-state index contributed by atoms with van der Waals surface area (Å²) in [6, 6.07) is 0. The molecule has 0 aliphatic rings. The van der Waals surface area contributed by atoms with Gasteiger partial charge in [-0.3, -0.25) is 0 Å². The van der Waals surface area contributed by atoms with Crippen molar-refractivity contribution in [3.8, 4) is 0 Å². The van der Waals surface area contributed by atoms with Crippen molar-refractivity contribution in [3.63, 3.8) is 0 Å². The summed E-state index contributed by atoms with van der Waals surface area (Å²) in [5.74, 6) is -5.20. The molecule has 0 radical (unpaired) electrons. The van der Waals surface area contributed by atoms with Crippen molar-refractivity contribution in [3.05, 3.63) is 34.4 Å². The van der Waals surface area contributed by atoms with E-state index in [0.717, 1.165) is 0 Å². The number of benzene rings is 1. The molecule has 0 aliphatic heterocycles. The van der Waals surface area contributed by atoms with Crippen LogP contribution in [0.15, 0.2) is 0 Å². The fourth-order valence-corrected chi connectivity index (χ4v) is 1.95. The molecule has 4 heteroatoms. The number of hydrogen-bond acceptors (Lipinski definition) is 0. The van der Waals surface area contributed by atoms with E-state index < -0.39 is 45.2 Å². The highest BCUT2D eigenvalue weighted by Crippen LogP contribution is 2.37. The summed E-state index contributed by atoms with van der Waals surface area (Å²) in [5, 5.41) is 0. The lowest BCUT2D eigenvalue weighted by atomic mass is 9.80. The predicted octanol–water partition coefficient (Wildman–Crippen LogP) is 4.84. The number of rotatable bonds is 0. The van der Waals surface area contributed by atoms with Crippen molar-refractivity contribution in [2.75, 3.05) is 0 Å². The van der Waals surface area contributed by atoms with Gasteiger partial charge in [0.1, 0.15) is 0 Å². The van der Waals surface area contributed by atoms with Gasteiger partial charge in [0.25, 0.3) is 0 Å². The van der Waals surface area contributed by atoms with Crippen LogP contribution in [0.4, 0.5) is 17.6 Å². The molecule has 0 unspecified atom stereocenters. The van der Waals surface area contributed by atoms with Gasteiger partial charge >= 0.3 is 0 Å². The molecule has 102 valence electrons. The minimum absolute atomic E-state index is 0.550. The van der Waals surface area contributed by atoms with Crippen LogP contribution in [0, 0.1) is 23.3 Å². The maximum absolute atomic E-state index is 13.9. The molecule has 1 aromatic rings. The van der Waals surface area contributed by atoms with Crippen LogP contribution in [0.3, 0.4) is 0 Å². The Hall–Kier alpha value is -1.06. The molecule has 1 aromatic carbocycles. The molecule has 0 amide bonds. The Morgan fingerprint density at radius 3 is 0.778 bits per heavy atom. The smallest absolute Gasteiger partial charge is 0.165 e. The molecule has 0 nitrogen and oxygen atoms in total. The van der Waals surface area contributed by atoms with Crippen molar-refractivity contribution in [1.82, 2.24) is 0 Å². The first-order valence-corrected chi connectivity index (χ1v) is 5.76. The van der Waals surface area contributed by atoms with E-state index in [2.05, 4.69) is 0 Å². The molecule has 0 spiro atoms. The molecule has 0 N–H and O–H groups in total. The van der Waals surface area contributed by atoms with Crippen LogP contribution in [0.5, 0.6) is 0 Å². The zero-order chi connectivity index (χ0) is 14.5. The highest BCUT2D eigenvalue weighted by molar-refractivity contribution is 5.37. The van der Waals surface area contributed by atoms with E-state index in [1.165, 1.54) is 41.5 Å². The molecule has 0 saturated heterocycles. The van der Waals surface area contributed by atoms with Gasteiger partial charge in [0.2, 0.25) is 0 Å². The normalized spacial score (nSPS) is 13.0. The molecule has 0 saturated carbocycles. The van der Waals surface area contributed by atoms with Crippen molar-refractivity contribution >= 4 is 0 Å². The standard InChI is InChI=1S/C14H18F4/c1-13(2,3)7-9(15)11(17)8(14(4,5)6)12(18)10(7)16/h1-6H3. The van der Waals surface area contributed by atoms with Gasteiger partial charge in [0.05, 0.1) is 0 Å². The van der Waals surface area contributed by atoms with Crippen LogP contribution < -0.4 is 0 Å². The van der Waals surface area contributed by atoms with E-state index in [4.69, 9.17) is 0 Å². The van der Waals surface area contributed by atoms with Gasteiger partial charge < -0.3 is 0 Å². The summed E-state index contributed by atoms with van der Waals surface area (Å²) < 4.78 is 55.8. The number of hydrogen-bond donors (Lipinski definition) is 0. The van der Waals surface area contributed by atoms with Gasteiger partial charge in [0.15, 0.2) is 23.3 Å². The van der Waals surface area contributed by atoms with Crippen molar-refractivity contribution in [2.45, 2.75) is 52.4 Å². The summed E-state index contributed by atoms with van der Waals surface area (Å²) in [6.07, 6.45) is 0. The van der Waals surface area contributed by atoms with Crippen molar-refractivity contribution in [1.29, 1.82) is 0 Å². The third kappa shape index (κ3) is 2.38. The zero-order valence-electron chi connectivity index (χ0n) is 11.5. The van der Waals surface area contributed by atoms with E-state index >= 15 is 0 Å². The third-order valence-electron chi connectivity index (χ3n) is 2.76. The Bertz CT molecular complexity index is 402. The van der Waals surface area contributed by atoms with Crippen LogP contribution in [-0.4, -0.2) is 0 Å². The fraction of sp³-hybridized carbons (Fsp3) is 0.571. The Morgan fingerprint density at radius 2 is 0.667 bits per heavy atom. The van der Waals surface area contributed by atoms with Crippen molar-refractivity contribution in [2.24, 2.45) is 0 Å². The van der Waals surface area contributed by atoms with Gasteiger partial charge in [-0.2, -0.15) is 0 Å². The highest BCUT2D eigenvalue weighted by atomic mass is 19.2. The molecule has 1 rings (SSSR count). The predicted molar refractivity (Wildman–Crippen MR) is 63.7 cm³/mol. The van der Waals surface area contributed by atoms with Gasteiger partial charge in [-0.25, -0.2) is 17.6 Å². The van der Waals surface area contributed by atoms with Crippen LogP contribution in [-0.2, 0) is 10.8 Å². The van der Waals surface area contributed by atoms with Gasteiger partial charge in [-0.1, -0.05) is 41.5 Å². The van der Waals surface area contributed by atoms with E-state index in [9.17, 15) is 17.6 Å². The zero-order valence-corrected chi connectivity index (χ0v) is 11.5. The average Bonchev–Trinajstić information content (AvgIpc) is 2.10. The summed E-state index contributed by atoms with van der Waals surface area (Å²) in [4.78, 5) is 0. The monoisotopic (exact) mass is 262 g/mol. The van der Waals surface area contributed by atoms with Crippen LogP contribution in [0.25, 0.3) is 0 Å². The quantitative estimate of drug-likeness (QED) is 0.463. The van der Waals surface area contributed by atoms with E-state index in [1.54, 1.807) is 0 Å². The molecule has 0 bridgehead atoms. The minimum atomic E-state index is -1.30. The topological polar surface area (TPSA) is 0 Å². The first kappa shape index (κ1) is 15.0. The average molecular weight is 262 g/mol. The van der Waals surface area contributed by atoms with Crippen molar-refractivity contribution < 1.29 is 17.6 Å². The summed E-state index contributed by atoms with van der Waals surface area (Å²) in [5.41, 5.74) is -3.12. The lowest BCUT2D eigenvalue weighted by Crippen LogP contribution is -2.24. The molecular formula is C14H18F4. The molecule has 0 aromatic heterocycles. The summed E-state index contributed by atoms with van der Waals surface area (Å²) in [7, 11) is 0.